The van der Waals surface area contributed by atoms with E-state index in [4.69, 9.17) is 0 Å². The largest absolute Gasteiger partial charge is 0.466 e. The molecule has 3 nitrogen and oxygen atoms in total. The Balaban J connectivity index is 2.37. The molecule has 0 unspecified atom stereocenters. The van der Waals surface area contributed by atoms with Crippen molar-refractivity contribution < 1.29 is 9.53 Å². The maximum absolute atomic E-state index is 11.0. The number of hydrogen-bond donors (Lipinski definition) is 0. The summed E-state index contributed by atoms with van der Waals surface area (Å²) in [6, 6.07) is 7.83. The second kappa shape index (κ2) is 5.10. The molecule has 0 fully saturated rings. The number of nitrogens with zero attached hydrogens (tertiary/aromatic N) is 1. The van der Waals surface area contributed by atoms with Crippen molar-refractivity contribution in [2.45, 2.75) is 0 Å². The SMILES string of the molecule is COC(=O)C=Cc1cnc2ccc(Br)cc2c1. The lowest BCUT2D eigenvalue weighted by molar-refractivity contribution is -0.134. The first-order valence-electron chi connectivity index (χ1n) is 5.00. The van der Waals surface area contributed by atoms with E-state index in [-0.39, 0.29) is 5.97 Å². The van der Waals surface area contributed by atoms with E-state index < -0.39 is 0 Å². The van der Waals surface area contributed by atoms with E-state index in [2.05, 4.69) is 25.7 Å². The van der Waals surface area contributed by atoms with Gasteiger partial charge in [0.1, 0.15) is 0 Å². The van der Waals surface area contributed by atoms with Crippen molar-refractivity contribution >= 4 is 38.9 Å². The molecule has 0 aliphatic carbocycles. The predicted molar refractivity (Wildman–Crippen MR) is 70.5 cm³/mol. The van der Waals surface area contributed by atoms with Crippen molar-refractivity contribution in [3.8, 4) is 0 Å². The van der Waals surface area contributed by atoms with E-state index in [1.54, 1.807) is 12.3 Å². The van der Waals surface area contributed by atoms with Crippen molar-refractivity contribution in [2.24, 2.45) is 0 Å². The van der Waals surface area contributed by atoms with Crippen molar-refractivity contribution in [3.63, 3.8) is 0 Å². The fourth-order valence-corrected chi connectivity index (χ4v) is 1.82. The molecular weight excluding hydrogens is 282 g/mol. The summed E-state index contributed by atoms with van der Waals surface area (Å²) in [5.41, 5.74) is 1.78. The molecule has 0 saturated heterocycles. The number of pyridine rings is 1. The molecule has 0 N–H and O–H groups in total. The van der Waals surface area contributed by atoms with Gasteiger partial charge in [0.25, 0.3) is 0 Å². The van der Waals surface area contributed by atoms with Gasteiger partial charge in [-0.15, -0.1) is 0 Å². The molecule has 0 radical (unpaired) electrons. The molecule has 1 aromatic carbocycles. The number of methoxy groups -OCH3 is 1. The number of fused-ring (bicyclic) bond motifs is 1. The van der Waals surface area contributed by atoms with Gasteiger partial charge in [0, 0.05) is 22.1 Å². The molecular formula is C13H10BrNO2. The van der Waals surface area contributed by atoms with E-state index >= 15 is 0 Å². The Hall–Kier alpha value is -1.68. The summed E-state index contributed by atoms with van der Waals surface area (Å²) in [5.74, 6) is -0.376. The van der Waals surface area contributed by atoms with Crippen LogP contribution in [0.4, 0.5) is 0 Å². The summed E-state index contributed by atoms with van der Waals surface area (Å²) in [5, 5.41) is 1.02. The second-order valence-electron chi connectivity index (χ2n) is 3.46. The zero-order chi connectivity index (χ0) is 12.3. The van der Waals surface area contributed by atoms with E-state index in [9.17, 15) is 4.79 Å². The number of ether oxygens (including phenoxy) is 1. The molecule has 0 saturated carbocycles. The third-order valence-corrected chi connectivity index (χ3v) is 2.77. The van der Waals surface area contributed by atoms with E-state index in [1.807, 2.05) is 24.3 Å². The molecule has 0 spiro atoms. The summed E-state index contributed by atoms with van der Waals surface area (Å²) < 4.78 is 5.53. The van der Waals surface area contributed by atoms with Gasteiger partial charge in [-0.2, -0.15) is 0 Å². The van der Waals surface area contributed by atoms with Gasteiger partial charge >= 0.3 is 5.97 Å². The average molecular weight is 292 g/mol. The third-order valence-electron chi connectivity index (χ3n) is 2.28. The Bertz CT molecular complexity index is 593. The van der Waals surface area contributed by atoms with E-state index in [0.717, 1.165) is 20.9 Å². The fourth-order valence-electron chi connectivity index (χ4n) is 1.44. The van der Waals surface area contributed by atoms with Gasteiger partial charge in [-0.25, -0.2) is 4.79 Å². The molecule has 2 rings (SSSR count). The van der Waals surface area contributed by atoms with E-state index in [1.165, 1.54) is 13.2 Å². The van der Waals surface area contributed by atoms with Crippen molar-refractivity contribution in [3.05, 3.63) is 46.6 Å². The van der Waals surface area contributed by atoms with Crippen molar-refractivity contribution in [2.75, 3.05) is 7.11 Å². The number of benzene rings is 1. The number of hydrogen-bond acceptors (Lipinski definition) is 3. The van der Waals surface area contributed by atoms with Crippen LogP contribution >= 0.6 is 15.9 Å². The number of rotatable bonds is 2. The lowest BCUT2D eigenvalue weighted by Crippen LogP contribution is -1.93. The molecule has 1 heterocycles. The Labute approximate surface area is 107 Å². The first-order valence-corrected chi connectivity index (χ1v) is 5.80. The molecule has 0 amide bonds. The second-order valence-corrected chi connectivity index (χ2v) is 4.38. The van der Waals surface area contributed by atoms with Crippen LogP contribution in [0.5, 0.6) is 0 Å². The standard InChI is InChI=1S/C13H10BrNO2/c1-17-13(16)5-2-9-6-10-7-11(14)3-4-12(10)15-8-9/h2-8H,1H3. The van der Waals surface area contributed by atoms with Gasteiger partial charge in [-0.3, -0.25) is 4.98 Å². The maximum atomic E-state index is 11.0. The smallest absolute Gasteiger partial charge is 0.330 e. The van der Waals surface area contributed by atoms with Gasteiger partial charge in [0.05, 0.1) is 12.6 Å². The van der Waals surface area contributed by atoms with Gasteiger partial charge in [-0.05, 0) is 35.9 Å². The number of esters is 1. The van der Waals surface area contributed by atoms with E-state index in [0.29, 0.717) is 0 Å². The van der Waals surface area contributed by atoms with Crippen LogP contribution in [0.25, 0.3) is 17.0 Å². The molecule has 0 aliphatic rings. The highest BCUT2D eigenvalue weighted by Crippen LogP contribution is 2.19. The molecule has 0 aliphatic heterocycles. The highest BCUT2D eigenvalue weighted by molar-refractivity contribution is 9.10. The van der Waals surface area contributed by atoms with Crippen molar-refractivity contribution in [1.29, 1.82) is 0 Å². The number of aromatic nitrogens is 1. The summed E-state index contributed by atoms with van der Waals surface area (Å²) in [7, 11) is 1.35. The molecule has 4 heteroatoms. The molecule has 1 aromatic heterocycles. The predicted octanol–water partition coefficient (Wildman–Crippen LogP) is 3.18. The molecule has 86 valence electrons. The van der Waals surface area contributed by atoms with Gasteiger partial charge in [-0.1, -0.05) is 15.9 Å². The normalized spacial score (nSPS) is 10.9. The first kappa shape index (κ1) is 11.8. The lowest BCUT2D eigenvalue weighted by atomic mass is 10.1. The monoisotopic (exact) mass is 291 g/mol. The molecule has 2 aromatic rings. The molecule has 0 atom stereocenters. The molecule has 17 heavy (non-hydrogen) atoms. The highest BCUT2D eigenvalue weighted by atomic mass is 79.9. The maximum Gasteiger partial charge on any atom is 0.330 e. The summed E-state index contributed by atoms with van der Waals surface area (Å²) >= 11 is 3.41. The zero-order valence-electron chi connectivity index (χ0n) is 9.18. The minimum atomic E-state index is -0.376. The lowest BCUT2D eigenvalue weighted by Gasteiger charge is -1.99. The van der Waals surface area contributed by atoms with Gasteiger partial charge in [0.15, 0.2) is 0 Å². The number of carbonyl (C=O) groups is 1. The van der Waals surface area contributed by atoms with Crippen LogP contribution < -0.4 is 0 Å². The van der Waals surface area contributed by atoms with Crippen molar-refractivity contribution in [1.82, 2.24) is 4.98 Å². The summed E-state index contributed by atoms with van der Waals surface area (Å²) in [4.78, 5) is 15.3. The minimum absolute atomic E-state index is 0.376. The Morgan fingerprint density at radius 3 is 3.00 bits per heavy atom. The third kappa shape index (κ3) is 2.91. The van der Waals surface area contributed by atoms with Gasteiger partial charge < -0.3 is 4.74 Å². The van der Waals surface area contributed by atoms with Crippen LogP contribution in [0.3, 0.4) is 0 Å². The Morgan fingerprint density at radius 2 is 2.24 bits per heavy atom. The van der Waals surface area contributed by atoms with Gasteiger partial charge in [0.2, 0.25) is 0 Å². The first-order chi connectivity index (χ1) is 8.19. The van der Waals surface area contributed by atoms with Crippen LogP contribution in [0.2, 0.25) is 0 Å². The Morgan fingerprint density at radius 1 is 1.41 bits per heavy atom. The zero-order valence-corrected chi connectivity index (χ0v) is 10.8. The average Bonchev–Trinajstić information content (AvgIpc) is 2.35. The number of halogens is 1. The quantitative estimate of drug-likeness (QED) is 0.630. The fraction of sp³-hybridized carbons (Fsp3) is 0.0769. The summed E-state index contributed by atoms with van der Waals surface area (Å²) in [6.07, 6.45) is 4.77. The van der Waals surface area contributed by atoms with Crippen LogP contribution in [0.15, 0.2) is 41.0 Å². The number of carbonyl (C=O) groups excluding carboxylic acids is 1. The van der Waals surface area contributed by atoms with Crippen LogP contribution in [0, 0.1) is 0 Å². The van der Waals surface area contributed by atoms with Crippen LogP contribution in [-0.2, 0) is 9.53 Å². The molecule has 0 bridgehead atoms. The van der Waals surface area contributed by atoms with Crippen LogP contribution in [0.1, 0.15) is 5.56 Å². The highest BCUT2D eigenvalue weighted by Gasteiger charge is 1.98. The Kier molecular flexibility index (Phi) is 3.54. The topological polar surface area (TPSA) is 39.2 Å². The minimum Gasteiger partial charge on any atom is -0.466 e. The summed E-state index contributed by atoms with van der Waals surface area (Å²) in [6.45, 7) is 0. The van der Waals surface area contributed by atoms with Crippen LogP contribution in [-0.4, -0.2) is 18.1 Å².